The van der Waals surface area contributed by atoms with Crippen molar-refractivity contribution in [3.05, 3.63) is 112 Å². The van der Waals surface area contributed by atoms with Crippen molar-refractivity contribution in [2.45, 2.75) is 25.8 Å². The van der Waals surface area contributed by atoms with Crippen LogP contribution in [0.15, 0.2) is 78.9 Å². The van der Waals surface area contributed by atoms with Crippen LogP contribution in [0.25, 0.3) is 21.5 Å². The van der Waals surface area contributed by atoms with E-state index in [1.54, 1.807) is 12.1 Å². The van der Waals surface area contributed by atoms with Gasteiger partial charge in [0.1, 0.15) is 24.0 Å². The summed E-state index contributed by atoms with van der Waals surface area (Å²) in [7, 11) is 0. The maximum atomic E-state index is 13.5. The van der Waals surface area contributed by atoms with Gasteiger partial charge in [0.05, 0.1) is 15.9 Å². The number of carbonyl (C=O) groups is 2. The summed E-state index contributed by atoms with van der Waals surface area (Å²) in [4.78, 5) is 37.5. The van der Waals surface area contributed by atoms with Crippen molar-refractivity contribution in [2.24, 2.45) is 0 Å². The number of nitriles is 1. The second-order valence-corrected chi connectivity index (χ2v) is 13.6. The van der Waals surface area contributed by atoms with Gasteiger partial charge in [-0.25, -0.2) is 14.8 Å². The molecule has 1 atom stereocenters. The van der Waals surface area contributed by atoms with Crippen molar-refractivity contribution in [3.8, 4) is 23.1 Å². The maximum Gasteiger partial charge on any atom is 0.355 e. The number of aromatic amines is 1. The number of fused-ring (bicyclic) bond motifs is 2. The number of benzene rings is 3. The zero-order valence-corrected chi connectivity index (χ0v) is 28.3. The van der Waals surface area contributed by atoms with E-state index in [1.807, 2.05) is 78.6 Å². The molecule has 0 saturated heterocycles. The van der Waals surface area contributed by atoms with Gasteiger partial charge in [-0.2, -0.15) is 10.4 Å². The van der Waals surface area contributed by atoms with Crippen LogP contribution in [0.4, 0.5) is 16.1 Å². The molecule has 0 radical (unpaired) electrons. The highest BCUT2D eigenvalue weighted by atomic mass is 32.1. The summed E-state index contributed by atoms with van der Waals surface area (Å²) in [6.45, 7) is 3.26. The number of H-pyrrole nitrogens is 1. The van der Waals surface area contributed by atoms with Crippen LogP contribution in [0.1, 0.15) is 55.3 Å². The van der Waals surface area contributed by atoms with Crippen LogP contribution in [0.2, 0.25) is 0 Å². The Morgan fingerprint density at radius 3 is 2.74 bits per heavy atom. The lowest BCUT2D eigenvalue weighted by Crippen LogP contribution is -2.32. The Labute approximate surface area is 294 Å². The molecular weight excluding hydrogens is 673 g/mol. The van der Waals surface area contributed by atoms with Gasteiger partial charge in [0.25, 0.3) is 5.91 Å². The first-order chi connectivity index (χ1) is 24.3. The Bertz CT molecular complexity index is 2270. The van der Waals surface area contributed by atoms with E-state index in [4.69, 9.17) is 10.5 Å². The monoisotopic (exact) mass is 702 g/mol. The largest absolute Gasteiger partial charge is 0.490 e. The highest BCUT2D eigenvalue weighted by Gasteiger charge is 2.28. The number of nitrogens with two attached hydrogens (primary N) is 1. The van der Waals surface area contributed by atoms with E-state index in [9.17, 15) is 20.0 Å². The molecule has 0 aliphatic carbocycles. The molecule has 1 aliphatic rings. The number of nitrogen functional groups attached to an aromatic ring is 1. The number of ether oxygens (including phenoxy) is 1. The topological polar surface area (TPSA) is 183 Å². The number of hydrogen-bond acceptors (Lipinski definition) is 11. The molecule has 0 spiro atoms. The second kappa shape index (κ2) is 13.8. The SMILES string of the molecule is CC(/C=C/COc1ccc(-c2[nH]nc(N)c2C#N)cc1)c1sc(N2CCc3cccc(C(=O)Nc4nc5ccccc5s4)c3C2)nc1C(=O)O. The summed E-state index contributed by atoms with van der Waals surface area (Å²) in [5, 5.41) is 30.2. The molecule has 1 amide bonds. The summed E-state index contributed by atoms with van der Waals surface area (Å²) in [5.41, 5.74) is 10.7. The highest BCUT2D eigenvalue weighted by Crippen LogP contribution is 2.36. The van der Waals surface area contributed by atoms with E-state index in [0.29, 0.717) is 57.2 Å². The number of amides is 1. The molecule has 0 fully saturated rings. The minimum atomic E-state index is -1.09. The number of aromatic carboxylic acids is 1. The van der Waals surface area contributed by atoms with Crippen LogP contribution in [-0.4, -0.2) is 50.3 Å². The van der Waals surface area contributed by atoms with E-state index in [0.717, 1.165) is 26.9 Å². The number of carbonyl (C=O) groups excluding carboxylic acids is 1. The molecule has 3 aromatic heterocycles. The summed E-state index contributed by atoms with van der Waals surface area (Å²) in [6.07, 6.45) is 4.44. The van der Waals surface area contributed by atoms with Gasteiger partial charge in [-0.1, -0.05) is 54.7 Å². The quantitative estimate of drug-likeness (QED) is 0.110. The van der Waals surface area contributed by atoms with Crippen LogP contribution in [0.5, 0.6) is 5.75 Å². The standard InChI is InChI=1S/C36H30N8O4S2/c1-20(6-5-17-48-23-13-11-22(12-14-23)29-25(18-37)32(38)43-42-29)31-30(34(46)47)40-36(50-31)44-16-15-21-7-4-8-24(26(21)19-44)33(45)41-35-39-27-9-2-3-10-28(27)49-35/h2-14,20H,15-17,19H2,1H3,(H,46,47)(H3,38,42,43)(H,39,41,45)/b6-5+. The lowest BCUT2D eigenvalue weighted by molar-refractivity contribution is 0.0689. The predicted molar refractivity (Wildman–Crippen MR) is 194 cm³/mol. The lowest BCUT2D eigenvalue weighted by Gasteiger charge is -2.29. The number of allylic oxidation sites excluding steroid dienone is 1. The Morgan fingerprint density at radius 1 is 1.14 bits per heavy atom. The van der Waals surface area contributed by atoms with E-state index < -0.39 is 5.97 Å². The van der Waals surface area contributed by atoms with Crippen LogP contribution in [0.3, 0.4) is 0 Å². The van der Waals surface area contributed by atoms with Gasteiger partial charge in [0, 0.05) is 35.0 Å². The predicted octanol–water partition coefficient (Wildman–Crippen LogP) is 6.85. The van der Waals surface area contributed by atoms with Crippen LogP contribution >= 0.6 is 22.7 Å². The van der Waals surface area contributed by atoms with Crippen LogP contribution in [-0.2, 0) is 13.0 Å². The molecule has 0 saturated carbocycles. The Hall–Kier alpha value is -6.04. The smallest absolute Gasteiger partial charge is 0.355 e. The number of rotatable bonds is 10. The third-order valence-electron chi connectivity index (χ3n) is 8.38. The molecule has 7 rings (SSSR count). The summed E-state index contributed by atoms with van der Waals surface area (Å²) in [6, 6.07) is 22.7. The highest BCUT2D eigenvalue weighted by molar-refractivity contribution is 7.22. The number of para-hydroxylation sites is 1. The number of anilines is 3. The Balaban J connectivity index is 1.02. The van der Waals surface area contributed by atoms with Crippen molar-refractivity contribution in [2.75, 3.05) is 29.1 Å². The average Bonchev–Trinajstić information content (AvgIpc) is 3.86. The number of nitrogens with zero attached hydrogens (tertiary/aromatic N) is 5. The third-order valence-corrected chi connectivity index (χ3v) is 10.6. The first kappa shape index (κ1) is 32.5. The van der Waals surface area contributed by atoms with Gasteiger partial charge >= 0.3 is 5.97 Å². The third kappa shape index (κ3) is 6.51. The second-order valence-electron chi connectivity index (χ2n) is 11.6. The molecule has 50 heavy (non-hydrogen) atoms. The van der Waals surface area contributed by atoms with E-state index >= 15 is 0 Å². The molecule has 3 aromatic carbocycles. The van der Waals surface area contributed by atoms with Gasteiger partial charge in [0.2, 0.25) is 0 Å². The van der Waals surface area contributed by atoms with Gasteiger partial charge in [0.15, 0.2) is 21.8 Å². The maximum absolute atomic E-state index is 13.5. The summed E-state index contributed by atoms with van der Waals surface area (Å²) >= 11 is 2.77. The molecule has 6 aromatic rings. The Morgan fingerprint density at radius 2 is 1.96 bits per heavy atom. The van der Waals surface area contributed by atoms with Crippen molar-refractivity contribution in [1.29, 1.82) is 5.26 Å². The van der Waals surface area contributed by atoms with E-state index in [2.05, 4.69) is 31.6 Å². The fraction of sp³-hybridized carbons (Fsp3) is 0.167. The molecule has 4 heterocycles. The summed E-state index contributed by atoms with van der Waals surface area (Å²) in [5.74, 6) is -0.784. The van der Waals surface area contributed by atoms with Crippen molar-refractivity contribution in [3.63, 3.8) is 0 Å². The molecule has 1 unspecified atom stereocenters. The number of thiazole rings is 2. The molecule has 250 valence electrons. The average molecular weight is 703 g/mol. The number of nitrogens with one attached hydrogen (secondary N) is 2. The fourth-order valence-corrected chi connectivity index (χ4v) is 7.83. The molecule has 12 nitrogen and oxygen atoms in total. The molecular formula is C36H30N8O4S2. The van der Waals surface area contributed by atoms with Crippen molar-refractivity contribution >= 4 is 60.8 Å². The number of carboxylic acids is 1. The summed E-state index contributed by atoms with van der Waals surface area (Å²) < 4.78 is 6.86. The molecule has 5 N–H and O–H groups in total. The van der Waals surface area contributed by atoms with E-state index in [-0.39, 0.29) is 29.9 Å². The molecule has 0 bridgehead atoms. The number of hydrogen-bond donors (Lipinski definition) is 4. The first-order valence-corrected chi connectivity index (χ1v) is 17.3. The first-order valence-electron chi connectivity index (χ1n) is 15.7. The van der Waals surface area contributed by atoms with Crippen LogP contribution in [0, 0.1) is 11.3 Å². The minimum Gasteiger partial charge on any atom is -0.490 e. The fourth-order valence-electron chi connectivity index (χ4n) is 5.85. The number of carboxylic acid groups (broad SMARTS) is 1. The molecule has 14 heteroatoms. The lowest BCUT2D eigenvalue weighted by atomic mass is 9.94. The van der Waals surface area contributed by atoms with E-state index in [1.165, 1.54) is 22.7 Å². The Kier molecular flexibility index (Phi) is 8.99. The zero-order valence-electron chi connectivity index (χ0n) is 26.7. The van der Waals surface area contributed by atoms with Crippen LogP contribution < -0.4 is 20.7 Å². The van der Waals surface area contributed by atoms with Gasteiger partial charge in [-0.3, -0.25) is 15.2 Å². The minimum absolute atomic E-state index is 0.0162. The normalized spacial score (nSPS) is 13.2. The van der Waals surface area contributed by atoms with Crippen molar-refractivity contribution < 1.29 is 19.4 Å². The number of aromatic nitrogens is 4. The van der Waals surface area contributed by atoms with Crippen molar-refractivity contribution in [1.82, 2.24) is 20.2 Å². The zero-order chi connectivity index (χ0) is 34.8. The van der Waals surface area contributed by atoms with Gasteiger partial charge in [-0.15, -0.1) is 11.3 Å². The van der Waals surface area contributed by atoms with Gasteiger partial charge in [-0.05, 0) is 60.0 Å². The van der Waals surface area contributed by atoms with Gasteiger partial charge < -0.3 is 20.5 Å². The molecule has 1 aliphatic heterocycles.